The topological polar surface area (TPSA) is 89.3 Å². The number of ketones is 1. The molecule has 164 valence electrons. The van der Waals surface area contributed by atoms with Crippen molar-refractivity contribution >= 4 is 35.1 Å². The van der Waals surface area contributed by atoms with Gasteiger partial charge in [0.1, 0.15) is 5.75 Å². The van der Waals surface area contributed by atoms with Gasteiger partial charge in [0.2, 0.25) is 5.95 Å². The number of fused-ring (bicyclic) bond motifs is 1. The summed E-state index contributed by atoms with van der Waals surface area (Å²) in [6, 6.07) is 13.3. The Bertz CT molecular complexity index is 1170. The second-order valence-electron chi connectivity index (χ2n) is 7.91. The van der Waals surface area contributed by atoms with Crippen LogP contribution in [-0.4, -0.2) is 51.9 Å². The summed E-state index contributed by atoms with van der Waals surface area (Å²) in [6.45, 7) is 3.95. The summed E-state index contributed by atoms with van der Waals surface area (Å²) in [5.41, 5.74) is 3.20. The first-order chi connectivity index (χ1) is 15.6. The van der Waals surface area contributed by atoms with Crippen LogP contribution in [0.5, 0.6) is 5.75 Å². The maximum absolute atomic E-state index is 12.9. The van der Waals surface area contributed by atoms with Crippen LogP contribution in [0.4, 0.5) is 11.6 Å². The quantitative estimate of drug-likeness (QED) is 0.455. The van der Waals surface area contributed by atoms with Gasteiger partial charge in [-0.2, -0.15) is 0 Å². The number of ether oxygens (including phenoxy) is 1. The third kappa shape index (κ3) is 4.08. The van der Waals surface area contributed by atoms with E-state index in [0.717, 1.165) is 37.6 Å². The number of aryl methyl sites for hydroxylation is 1. The fourth-order valence-corrected chi connectivity index (χ4v) is 4.71. The Labute approximate surface area is 190 Å². The minimum atomic E-state index is -0.225. The fraction of sp³-hybridized carbons (Fsp3) is 0.304. The van der Waals surface area contributed by atoms with E-state index in [2.05, 4.69) is 51.6 Å². The molecule has 32 heavy (non-hydrogen) atoms. The number of aromatic nitrogens is 3. The molecule has 0 radical (unpaired) electrons. The van der Waals surface area contributed by atoms with E-state index in [1.807, 2.05) is 4.57 Å². The highest BCUT2D eigenvalue weighted by molar-refractivity contribution is 7.99. The first kappa shape index (κ1) is 20.6. The van der Waals surface area contributed by atoms with Crippen LogP contribution in [0.25, 0.3) is 5.69 Å². The van der Waals surface area contributed by atoms with E-state index in [1.54, 1.807) is 18.2 Å². The van der Waals surface area contributed by atoms with Crippen LogP contribution in [0.3, 0.4) is 0 Å². The maximum atomic E-state index is 12.9. The first-order valence-corrected chi connectivity index (χ1v) is 11.6. The number of thioether (sulfide) groups is 1. The Balaban J connectivity index is 1.38. The number of hydrogen-bond donors (Lipinski definition) is 1. The van der Waals surface area contributed by atoms with Gasteiger partial charge in [-0.25, -0.2) is 0 Å². The summed E-state index contributed by atoms with van der Waals surface area (Å²) in [5, 5.41) is 12.3. The molecule has 3 aromatic rings. The molecule has 0 unspecified atom stereocenters. The van der Waals surface area contributed by atoms with Crippen molar-refractivity contribution in [3.05, 3.63) is 53.6 Å². The number of benzene rings is 2. The van der Waals surface area contributed by atoms with Gasteiger partial charge in [-0.1, -0.05) is 29.5 Å². The Morgan fingerprint density at radius 3 is 2.69 bits per heavy atom. The van der Waals surface area contributed by atoms with Gasteiger partial charge in [-0.3, -0.25) is 14.2 Å². The van der Waals surface area contributed by atoms with Crippen molar-refractivity contribution in [2.75, 3.05) is 35.7 Å². The van der Waals surface area contributed by atoms with Crippen LogP contribution >= 0.6 is 11.8 Å². The predicted molar refractivity (Wildman–Crippen MR) is 123 cm³/mol. The molecule has 1 aromatic heterocycles. The highest BCUT2D eigenvalue weighted by Gasteiger charge is 2.23. The summed E-state index contributed by atoms with van der Waals surface area (Å²) >= 11 is 1.36. The lowest BCUT2D eigenvalue weighted by Crippen LogP contribution is -2.25. The Morgan fingerprint density at radius 1 is 1.12 bits per heavy atom. The van der Waals surface area contributed by atoms with Gasteiger partial charge < -0.3 is 15.0 Å². The summed E-state index contributed by atoms with van der Waals surface area (Å²) in [7, 11) is 0. The fourth-order valence-electron chi connectivity index (χ4n) is 3.87. The van der Waals surface area contributed by atoms with Crippen LogP contribution in [0.2, 0.25) is 0 Å². The molecule has 0 aliphatic carbocycles. The number of rotatable bonds is 6. The number of nitrogens with one attached hydrogen (secondary N) is 1. The number of hydrogen-bond acceptors (Lipinski definition) is 7. The lowest BCUT2D eigenvalue weighted by molar-refractivity contribution is -0.118. The number of carbonyl (C=O) groups is 2. The number of nitrogens with zero attached hydrogens (tertiary/aromatic N) is 4. The second kappa shape index (κ2) is 8.66. The van der Waals surface area contributed by atoms with Crippen molar-refractivity contribution in [2.45, 2.75) is 24.9 Å². The molecule has 0 bridgehead atoms. The molecule has 1 fully saturated rings. The average molecular weight is 450 g/mol. The highest BCUT2D eigenvalue weighted by atomic mass is 32.2. The van der Waals surface area contributed by atoms with Crippen molar-refractivity contribution < 1.29 is 14.3 Å². The van der Waals surface area contributed by atoms with E-state index in [0.29, 0.717) is 22.2 Å². The summed E-state index contributed by atoms with van der Waals surface area (Å²) in [5.74, 6) is 1.31. The van der Waals surface area contributed by atoms with Crippen molar-refractivity contribution in [2.24, 2.45) is 0 Å². The molecule has 2 aliphatic rings. The smallest absolute Gasteiger partial charge is 0.262 e. The lowest BCUT2D eigenvalue weighted by atomic mass is 10.1. The maximum Gasteiger partial charge on any atom is 0.262 e. The monoisotopic (exact) mass is 449 g/mol. The molecule has 9 heteroatoms. The number of carbonyl (C=O) groups excluding carboxylic acids is 2. The Hall–Kier alpha value is -3.33. The average Bonchev–Trinajstić information content (AvgIpc) is 3.47. The first-order valence-electron chi connectivity index (χ1n) is 10.6. The van der Waals surface area contributed by atoms with E-state index in [1.165, 1.54) is 17.3 Å². The van der Waals surface area contributed by atoms with Gasteiger partial charge >= 0.3 is 0 Å². The third-order valence-electron chi connectivity index (χ3n) is 5.56. The SMILES string of the molecule is Cc1ccc(-n2c(SCC(=O)c3ccc4c(c3)NC(=O)CO4)nnc2N2CCCC2)cc1. The van der Waals surface area contributed by atoms with Crippen molar-refractivity contribution in [3.63, 3.8) is 0 Å². The van der Waals surface area contributed by atoms with E-state index < -0.39 is 0 Å². The zero-order valence-corrected chi connectivity index (χ0v) is 18.5. The van der Waals surface area contributed by atoms with Gasteiger partial charge in [0.25, 0.3) is 5.91 Å². The molecular weight excluding hydrogens is 426 g/mol. The van der Waals surface area contributed by atoms with Gasteiger partial charge in [-0.05, 0) is 50.1 Å². The molecule has 0 spiro atoms. The molecular formula is C23H23N5O3S. The zero-order valence-electron chi connectivity index (χ0n) is 17.7. The van der Waals surface area contributed by atoms with Crippen LogP contribution in [0.1, 0.15) is 28.8 Å². The zero-order chi connectivity index (χ0) is 22.1. The van der Waals surface area contributed by atoms with Gasteiger partial charge in [0, 0.05) is 18.7 Å². The standard InChI is InChI=1S/C23H23N5O3S/c1-15-4-7-17(8-5-15)28-22(27-10-2-3-11-27)25-26-23(28)32-14-19(29)16-6-9-20-18(12-16)24-21(30)13-31-20/h4-9,12H,2-3,10-11,13-14H2,1H3,(H,24,30). The van der Waals surface area contributed by atoms with Gasteiger partial charge in [0.15, 0.2) is 17.5 Å². The van der Waals surface area contributed by atoms with Crippen LogP contribution < -0.4 is 15.0 Å². The second-order valence-corrected chi connectivity index (χ2v) is 8.85. The van der Waals surface area contributed by atoms with Crippen molar-refractivity contribution in [1.29, 1.82) is 0 Å². The molecule has 1 N–H and O–H groups in total. The van der Waals surface area contributed by atoms with E-state index in [9.17, 15) is 9.59 Å². The van der Waals surface area contributed by atoms with Gasteiger partial charge in [-0.15, -0.1) is 10.2 Å². The number of amides is 1. The summed E-state index contributed by atoms with van der Waals surface area (Å²) in [4.78, 5) is 26.7. The molecule has 2 aliphatic heterocycles. The molecule has 1 saturated heterocycles. The Kier molecular flexibility index (Phi) is 5.57. The molecule has 8 nitrogen and oxygen atoms in total. The van der Waals surface area contributed by atoms with Crippen LogP contribution in [0, 0.1) is 6.92 Å². The molecule has 3 heterocycles. The molecule has 0 atom stereocenters. The molecule has 0 saturated carbocycles. The number of Topliss-reactive ketones (excluding diaryl/α,β-unsaturated/α-hetero) is 1. The largest absolute Gasteiger partial charge is 0.482 e. The molecule has 1 amide bonds. The highest BCUT2D eigenvalue weighted by Crippen LogP contribution is 2.31. The van der Waals surface area contributed by atoms with E-state index >= 15 is 0 Å². The predicted octanol–water partition coefficient (Wildman–Crippen LogP) is 3.48. The number of anilines is 2. The van der Waals surface area contributed by atoms with E-state index in [4.69, 9.17) is 4.74 Å². The lowest BCUT2D eigenvalue weighted by Gasteiger charge is -2.19. The Morgan fingerprint density at radius 2 is 1.91 bits per heavy atom. The van der Waals surface area contributed by atoms with Crippen LogP contribution in [-0.2, 0) is 4.79 Å². The normalized spacial score (nSPS) is 15.3. The van der Waals surface area contributed by atoms with Crippen molar-refractivity contribution in [1.82, 2.24) is 14.8 Å². The third-order valence-corrected chi connectivity index (χ3v) is 6.49. The molecule has 2 aromatic carbocycles. The van der Waals surface area contributed by atoms with Crippen molar-refractivity contribution in [3.8, 4) is 11.4 Å². The summed E-state index contributed by atoms with van der Waals surface area (Å²) in [6.07, 6.45) is 2.28. The minimum Gasteiger partial charge on any atom is -0.482 e. The van der Waals surface area contributed by atoms with Crippen LogP contribution in [0.15, 0.2) is 47.6 Å². The summed E-state index contributed by atoms with van der Waals surface area (Å²) < 4.78 is 7.40. The molecule has 5 rings (SSSR count). The van der Waals surface area contributed by atoms with E-state index in [-0.39, 0.29) is 24.1 Å². The minimum absolute atomic E-state index is 0.00976. The van der Waals surface area contributed by atoms with Gasteiger partial charge in [0.05, 0.1) is 17.1 Å².